The van der Waals surface area contributed by atoms with E-state index in [1.165, 1.54) is 4.90 Å². The maximum absolute atomic E-state index is 7.94. The van der Waals surface area contributed by atoms with Crippen LogP contribution in [0.4, 0.5) is 0 Å². The number of piperidine rings is 1. The largest absolute Gasteiger partial charge is 0.299 e. The first-order chi connectivity index (χ1) is 7.92. The molecule has 0 spiro atoms. The van der Waals surface area contributed by atoms with Gasteiger partial charge in [-0.1, -0.05) is 36.8 Å². The highest BCUT2D eigenvalue weighted by Crippen LogP contribution is 2.12. The molecule has 1 saturated heterocycles. The summed E-state index contributed by atoms with van der Waals surface area (Å²) in [6, 6.07) is 9.50. The average molecular weight is 179 g/mol. The summed E-state index contributed by atoms with van der Waals surface area (Å²) in [5.41, 5.74) is 0.946. The Morgan fingerprint density at radius 1 is 1.08 bits per heavy atom. The molecule has 1 aromatic rings. The normalized spacial score (nSPS) is 31.1. The molecular weight excluding hydrogens is 158 g/mol. The van der Waals surface area contributed by atoms with E-state index in [2.05, 4.69) is 0 Å². The minimum atomic E-state index is -1.56. The van der Waals surface area contributed by atoms with Crippen molar-refractivity contribution in [2.24, 2.45) is 0 Å². The summed E-state index contributed by atoms with van der Waals surface area (Å²) in [4.78, 5) is 1.35. The Balaban J connectivity index is 2.21. The van der Waals surface area contributed by atoms with Crippen LogP contribution in [0, 0.1) is 0 Å². The van der Waals surface area contributed by atoms with E-state index in [0.29, 0.717) is 25.8 Å². The van der Waals surface area contributed by atoms with Gasteiger partial charge in [-0.3, -0.25) is 4.90 Å². The van der Waals surface area contributed by atoms with E-state index < -0.39 is 13.0 Å². The summed E-state index contributed by atoms with van der Waals surface area (Å²) in [5, 5.41) is 0. The predicted octanol–water partition coefficient (Wildman–Crippen LogP) is 2.67. The highest BCUT2D eigenvalue weighted by molar-refractivity contribution is 5.14. The van der Waals surface area contributed by atoms with Crippen molar-refractivity contribution in [2.45, 2.75) is 25.8 Å². The van der Waals surface area contributed by atoms with Gasteiger partial charge in [0.15, 0.2) is 0 Å². The molecule has 13 heavy (non-hydrogen) atoms. The second-order valence-corrected chi connectivity index (χ2v) is 3.24. The lowest BCUT2D eigenvalue weighted by Gasteiger charge is -2.26. The molecule has 1 heterocycles. The molecule has 0 N–H and O–H groups in total. The first-order valence-corrected chi connectivity index (χ1v) is 4.73. The molecule has 1 fully saturated rings. The lowest BCUT2D eigenvalue weighted by Crippen LogP contribution is -2.28. The second-order valence-electron chi connectivity index (χ2n) is 3.24. The molecule has 1 aliphatic heterocycles. The van der Waals surface area contributed by atoms with Crippen LogP contribution in [0.3, 0.4) is 0 Å². The van der Waals surface area contributed by atoms with Crippen LogP contribution in [0.1, 0.15) is 30.3 Å². The Hall–Kier alpha value is -0.820. The van der Waals surface area contributed by atoms with Crippen LogP contribution in [0.2, 0.25) is 0 Å². The van der Waals surface area contributed by atoms with Crippen molar-refractivity contribution in [1.29, 1.82) is 0 Å². The number of hydrogen-bond acceptors (Lipinski definition) is 1. The number of likely N-dealkylation sites (tertiary alicyclic amines) is 1. The van der Waals surface area contributed by atoms with Gasteiger partial charge < -0.3 is 0 Å². The van der Waals surface area contributed by atoms with E-state index in [1.54, 1.807) is 0 Å². The van der Waals surface area contributed by atoms with Gasteiger partial charge in [-0.25, -0.2) is 0 Å². The Bertz CT molecular complexity index is 361. The minimum Gasteiger partial charge on any atom is -0.299 e. The molecule has 1 aliphatic rings. The number of hydrogen-bond donors (Lipinski definition) is 0. The monoisotopic (exact) mass is 179 g/mol. The third-order valence-corrected chi connectivity index (χ3v) is 2.14. The van der Waals surface area contributed by atoms with Crippen LogP contribution >= 0.6 is 0 Å². The Labute approximate surface area is 86.0 Å². The first-order valence-electron chi connectivity index (χ1n) is 6.73. The number of nitrogens with zero attached hydrogens (tertiary/aromatic N) is 1. The maximum atomic E-state index is 7.94. The van der Waals surface area contributed by atoms with Crippen LogP contribution in [-0.2, 0) is 6.54 Å². The SMILES string of the molecule is [2H]C1([2H])CCCC([2H])([2H])N1Cc1ccccc1. The van der Waals surface area contributed by atoms with E-state index in [9.17, 15) is 0 Å². The van der Waals surface area contributed by atoms with E-state index in [-0.39, 0.29) is 0 Å². The molecule has 0 radical (unpaired) electrons. The van der Waals surface area contributed by atoms with Crippen molar-refractivity contribution in [3.63, 3.8) is 0 Å². The van der Waals surface area contributed by atoms with Crippen molar-refractivity contribution in [2.75, 3.05) is 13.0 Å². The molecule has 0 atom stereocenters. The minimum absolute atomic E-state index is 0.320. The Morgan fingerprint density at radius 2 is 1.77 bits per heavy atom. The highest BCUT2D eigenvalue weighted by Gasteiger charge is 2.09. The zero-order valence-corrected chi connectivity index (χ0v) is 7.66. The Morgan fingerprint density at radius 3 is 2.46 bits per heavy atom. The zero-order chi connectivity index (χ0) is 12.5. The van der Waals surface area contributed by atoms with Gasteiger partial charge >= 0.3 is 0 Å². The van der Waals surface area contributed by atoms with Gasteiger partial charge in [0.1, 0.15) is 0 Å². The van der Waals surface area contributed by atoms with Crippen LogP contribution in [-0.4, -0.2) is 17.9 Å². The molecule has 1 aromatic carbocycles. The van der Waals surface area contributed by atoms with E-state index in [1.807, 2.05) is 30.3 Å². The van der Waals surface area contributed by atoms with Gasteiger partial charge in [-0.05, 0) is 31.4 Å². The van der Waals surface area contributed by atoms with E-state index >= 15 is 0 Å². The molecule has 0 saturated carbocycles. The van der Waals surface area contributed by atoms with Crippen molar-refractivity contribution < 1.29 is 5.48 Å². The molecule has 0 aromatic heterocycles. The summed E-state index contributed by atoms with van der Waals surface area (Å²) < 4.78 is 31.8. The third-order valence-electron chi connectivity index (χ3n) is 2.14. The molecule has 0 aliphatic carbocycles. The molecule has 0 unspecified atom stereocenters. The van der Waals surface area contributed by atoms with Gasteiger partial charge in [-0.2, -0.15) is 0 Å². The fourth-order valence-corrected chi connectivity index (χ4v) is 1.45. The second kappa shape index (κ2) is 4.43. The van der Waals surface area contributed by atoms with Crippen LogP contribution in [0.15, 0.2) is 30.3 Å². The fourth-order valence-electron chi connectivity index (χ4n) is 1.45. The summed E-state index contributed by atoms with van der Waals surface area (Å²) >= 11 is 0. The average Bonchev–Trinajstić information content (AvgIpc) is 2.25. The van der Waals surface area contributed by atoms with Crippen molar-refractivity contribution in [1.82, 2.24) is 4.90 Å². The molecule has 1 heteroatoms. The van der Waals surface area contributed by atoms with E-state index in [0.717, 1.165) is 5.56 Å². The van der Waals surface area contributed by atoms with Crippen molar-refractivity contribution in [3.05, 3.63) is 35.9 Å². The van der Waals surface area contributed by atoms with Crippen LogP contribution in [0.5, 0.6) is 0 Å². The molecule has 70 valence electrons. The molecule has 0 bridgehead atoms. The molecule has 2 rings (SSSR count). The Kier molecular flexibility index (Phi) is 1.76. The van der Waals surface area contributed by atoms with Crippen molar-refractivity contribution >= 4 is 0 Å². The van der Waals surface area contributed by atoms with Crippen LogP contribution in [0.25, 0.3) is 0 Å². The number of rotatable bonds is 2. The van der Waals surface area contributed by atoms with Gasteiger partial charge in [0, 0.05) is 12.0 Å². The summed E-state index contributed by atoms with van der Waals surface area (Å²) in [5.74, 6) is 0. The van der Waals surface area contributed by atoms with Gasteiger partial charge in [0.2, 0.25) is 0 Å². The highest BCUT2D eigenvalue weighted by atomic mass is 15.1. The smallest absolute Gasteiger partial charge is 0.0431 e. The van der Waals surface area contributed by atoms with Crippen LogP contribution < -0.4 is 0 Å². The predicted molar refractivity (Wildman–Crippen MR) is 55.6 cm³/mol. The lowest BCUT2D eigenvalue weighted by atomic mass is 10.1. The standard InChI is InChI=1S/C12H17N/c1-3-7-12(8-4-1)11-13-9-5-2-6-10-13/h1,3-4,7-8H,2,5-6,9-11H2/i9D2,10D2. The molecule has 0 amide bonds. The van der Waals surface area contributed by atoms with Gasteiger partial charge in [-0.15, -0.1) is 0 Å². The molecule has 1 nitrogen and oxygen atoms in total. The summed E-state index contributed by atoms with van der Waals surface area (Å²) in [6.07, 6.45) is 1.41. The third kappa shape index (κ3) is 2.56. The summed E-state index contributed by atoms with van der Waals surface area (Å²) in [7, 11) is 0. The molecular formula is C12H17N. The van der Waals surface area contributed by atoms with Gasteiger partial charge in [0.25, 0.3) is 0 Å². The maximum Gasteiger partial charge on any atom is 0.0431 e. The van der Waals surface area contributed by atoms with Crippen molar-refractivity contribution in [3.8, 4) is 0 Å². The van der Waals surface area contributed by atoms with Gasteiger partial charge in [0.05, 0.1) is 0 Å². The number of benzene rings is 1. The fraction of sp³-hybridized carbons (Fsp3) is 0.500. The summed E-state index contributed by atoms with van der Waals surface area (Å²) in [6.45, 7) is -2.80. The quantitative estimate of drug-likeness (QED) is 0.674. The van der Waals surface area contributed by atoms with E-state index in [4.69, 9.17) is 5.48 Å². The topological polar surface area (TPSA) is 3.24 Å². The first kappa shape index (κ1) is 5.16. The lowest BCUT2D eigenvalue weighted by molar-refractivity contribution is 0.221. The zero-order valence-electron chi connectivity index (χ0n) is 11.7.